The smallest absolute Gasteiger partial charge is 0.338 e. The largest absolute Gasteiger partial charge is 0.452 e. The number of rotatable bonds is 7. The van der Waals surface area contributed by atoms with Gasteiger partial charge in [0, 0.05) is 30.9 Å². The Morgan fingerprint density at radius 1 is 1.03 bits per heavy atom. The molecule has 0 radical (unpaired) electrons. The predicted octanol–water partition coefficient (Wildman–Crippen LogP) is 2.52. The van der Waals surface area contributed by atoms with Gasteiger partial charge in [0.1, 0.15) is 0 Å². The fourth-order valence-electron chi connectivity index (χ4n) is 2.99. The van der Waals surface area contributed by atoms with Crippen LogP contribution in [-0.4, -0.2) is 55.5 Å². The van der Waals surface area contributed by atoms with Crippen molar-refractivity contribution in [1.29, 1.82) is 0 Å². The summed E-state index contributed by atoms with van der Waals surface area (Å²) in [6, 6.07) is 13.8. The zero-order chi connectivity index (χ0) is 20.6. The van der Waals surface area contributed by atoms with Crippen LogP contribution in [-0.2, 0) is 20.8 Å². The summed E-state index contributed by atoms with van der Waals surface area (Å²) in [5.41, 5.74) is 2.47. The zero-order valence-corrected chi connectivity index (χ0v) is 16.3. The second-order valence-corrected chi connectivity index (χ2v) is 6.85. The van der Waals surface area contributed by atoms with Crippen molar-refractivity contribution in [3.8, 4) is 0 Å². The average molecular weight is 396 g/mol. The van der Waals surface area contributed by atoms with E-state index in [2.05, 4.69) is 10.2 Å². The maximum absolute atomic E-state index is 12.2. The molecule has 1 amide bonds. The summed E-state index contributed by atoms with van der Waals surface area (Å²) in [7, 11) is 0. The average Bonchev–Trinajstić information content (AvgIpc) is 2.73. The monoisotopic (exact) mass is 396 g/mol. The molecule has 1 heterocycles. The third kappa shape index (κ3) is 6.23. The number of anilines is 1. The molecule has 1 N–H and O–H groups in total. The van der Waals surface area contributed by atoms with Crippen LogP contribution < -0.4 is 5.32 Å². The number of hydrogen-bond donors (Lipinski definition) is 1. The van der Waals surface area contributed by atoms with Crippen LogP contribution >= 0.6 is 0 Å². The van der Waals surface area contributed by atoms with E-state index in [1.165, 1.54) is 6.92 Å². The van der Waals surface area contributed by atoms with Gasteiger partial charge in [-0.3, -0.25) is 14.5 Å². The van der Waals surface area contributed by atoms with Gasteiger partial charge in [-0.25, -0.2) is 4.79 Å². The topological polar surface area (TPSA) is 84.9 Å². The Kier molecular flexibility index (Phi) is 7.10. The van der Waals surface area contributed by atoms with Gasteiger partial charge >= 0.3 is 5.97 Å². The second kappa shape index (κ2) is 9.95. The first-order valence-electron chi connectivity index (χ1n) is 9.48. The molecule has 0 saturated carbocycles. The Balaban J connectivity index is 1.47. The molecule has 29 heavy (non-hydrogen) atoms. The molecular weight excluding hydrogens is 372 g/mol. The van der Waals surface area contributed by atoms with E-state index in [0.717, 1.165) is 38.4 Å². The van der Waals surface area contributed by atoms with E-state index < -0.39 is 18.5 Å². The van der Waals surface area contributed by atoms with Crippen molar-refractivity contribution in [1.82, 2.24) is 4.90 Å². The maximum Gasteiger partial charge on any atom is 0.338 e. The number of ketones is 1. The van der Waals surface area contributed by atoms with Gasteiger partial charge in [0.2, 0.25) is 0 Å². The van der Waals surface area contributed by atoms with Crippen molar-refractivity contribution in [3.05, 3.63) is 65.2 Å². The molecule has 2 aromatic rings. The highest BCUT2D eigenvalue weighted by Crippen LogP contribution is 2.12. The minimum Gasteiger partial charge on any atom is -0.452 e. The Morgan fingerprint density at radius 3 is 2.45 bits per heavy atom. The first-order valence-corrected chi connectivity index (χ1v) is 9.48. The van der Waals surface area contributed by atoms with E-state index in [0.29, 0.717) is 16.8 Å². The lowest BCUT2D eigenvalue weighted by atomic mass is 10.1. The zero-order valence-electron chi connectivity index (χ0n) is 16.3. The lowest BCUT2D eigenvalue weighted by Crippen LogP contribution is -2.35. The van der Waals surface area contributed by atoms with Crippen LogP contribution in [0.4, 0.5) is 5.69 Å². The molecule has 1 aliphatic heterocycles. The van der Waals surface area contributed by atoms with Gasteiger partial charge in [-0.2, -0.15) is 0 Å². The number of benzene rings is 2. The number of nitrogens with one attached hydrogen (secondary N) is 1. The standard InChI is InChI=1S/C22H24N2O5/c1-16(25)19-3-2-4-20(13-19)23-21(26)15-29-22(27)18-7-5-17(6-8-18)14-24-9-11-28-12-10-24/h2-8,13H,9-12,14-15H2,1H3,(H,23,26). The van der Waals surface area contributed by atoms with Gasteiger partial charge in [-0.05, 0) is 36.8 Å². The van der Waals surface area contributed by atoms with Crippen molar-refractivity contribution in [2.24, 2.45) is 0 Å². The third-order valence-electron chi connectivity index (χ3n) is 4.59. The van der Waals surface area contributed by atoms with E-state index >= 15 is 0 Å². The van der Waals surface area contributed by atoms with Crippen molar-refractivity contribution in [2.75, 3.05) is 38.2 Å². The molecule has 1 aliphatic rings. The molecule has 0 bridgehead atoms. The lowest BCUT2D eigenvalue weighted by molar-refractivity contribution is -0.119. The Hall–Kier alpha value is -3.03. The summed E-state index contributed by atoms with van der Waals surface area (Å²) in [4.78, 5) is 37.9. The molecular formula is C22H24N2O5. The van der Waals surface area contributed by atoms with Gasteiger partial charge in [0.15, 0.2) is 12.4 Å². The molecule has 1 saturated heterocycles. The van der Waals surface area contributed by atoms with E-state index in [4.69, 9.17) is 9.47 Å². The predicted molar refractivity (Wildman–Crippen MR) is 108 cm³/mol. The highest BCUT2D eigenvalue weighted by molar-refractivity contribution is 5.98. The number of hydrogen-bond acceptors (Lipinski definition) is 6. The number of morpholine rings is 1. The number of nitrogens with zero attached hydrogens (tertiary/aromatic N) is 1. The quantitative estimate of drug-likeness (QED) is 0.572. The molecule has 0 spiro atoms. The molecule has 1 fully saturated rings. The van der Waals surface area contributed by atoms with Crippen LogP contribution in [0.5, 0.6) is 0 Å². The van der Waals surface area contributed by atoms with Crippen molar-refractivity contribution in [2.45, 2.75) is 13.5 Å². The summed E-state index contributed by atoms with van der Waals surface area (Å²) in [5, 5.41) is 2.61. The van der Waals surface area contributed by atoms with Crippen molar-refractivity contribution >= 4 is 23.3 Å². The van der Waals surface area contributed by atoms with Crippen LogP contribution in [0.25, 0.3) is 0 Å². The molecule has 0 unspecified atom stereocenters. The summed E-state index contributed by atoms with van der Waals surface area (Å²) >= 11 is 0. The van der Waals surface area contributed by atoms with Crippen LogP contribution in [0.1, 0.15) is 33.2 Å². The van der Waals surface area contributed by atoms with E-state index in [1.807, 2.05) is 12.1 Å². The van der Waals surface area contributed by atoms with Gasteiger partial charge < -0.3 is 14.8 Å². The number of ether oxygens (including phenoxy) is 2. The van der Waals surface area contributed by atoms with Crippen molar-refractivity contribution in [3.63, 3.8) is 0 Å². The second-order valence-electron chi connectivity index (χ2n) is 6.85. The van der Waals surface area contributed by atoms with E-state index in [1.54, 1.807) is 36.4 Å². The number of carbonyl (C=O) groups excluding carboxylic acids is 3. The minimum absolute atomic E-state index is 0.0930. The number of amides is 1. The van der Waals surface area contributed by atoms with Crippen molar-refractivity contribution < 1.29 is 23.9 Å². The van der Waals surface area contributed by atoms with Crippen LogP contribution in [0.15, 0.2) is 48.5 Å². The van der Waals surface area contributed by atoms with E-state index in [9.17, 15) is 14.4 Å². The third-order valence-corrected chi connectivity index (χ3v) is 4.59. The Bertz CT molecular complexity index is 873. The summed E-state index contributed by atoms with van der Waals surface area (Å²) in [6.07, 6.45) is 0. The Morgan fingerprint density at radius 2 is 1.76 bits per heavy atom. The summed E-state index contributed by atoms with van der Waals surface area (Å²) < 4.78 is 10.4. The lowest BCUT2D eigenvalue weighted by Gasteiger charge is -2.26. The number of Topliss-reactive ketones (excluding diaryl/α,β-unsaturated/α-hetero) is 1. The molecule has 0 aromatic heterocycles. The van der Waals surface area contributed by atoms with Crippen LogP contribution in [0.3, 0.4) is 0 Å². The molecule has 3 rings (SSSR count). The first kappa shape index (κ1) is 20.7. The maximum atomic E-state index is 12.2. The minimum atomic E-state index is -0.560. The number of esters is 1. The highest BCUT2D eigenvalue weighted by atomic mass is 16.5. The van der Waals surface area contributed by atoms with Gasteiger partial charge in [0.05, 0.1) is 18.8 Å². The number of carbonyl (C=O) groups is 3. The SMILES string of the molecule is CC(=O)c1cccc(NC(=O)COC(=O)c2ccc(CN3CCOCC3)cc2)c1. The first-order chi connectivity index (χ1) is 14.0. The molecule has 0 aliphatic carbocycles. The fourth-order valence-corrected chi connectivity index (χ4v) is 2.99. The summed E-state index contributed by atoms with van der Waals surface area (Å²) in [6.45, 7) is 5.13. The summed E-state index contributed by atoms with van der Waals surface area (Å²) in [5.74, 6) is -1.12. The molecule has 7 nitrogen and oxygen atoms in total. The van der Waals surface area contributed by atoms with Gasteiger partial charge in [-0.15, -0.1) is 0 Å². The Labute approximate surface area is 169 Å². The normalized spacial score (nSPS) is 14.2. The van der Waals surface area contributed by atoms with Gasteiger partial charge in [0.25, 0.3) is 5.91 Å². The van der Waals surface area contributed by atoms with E-state index in [-0.39, 0.29) is 5.78 Å². The molecule has 152 valence electrons. The molecule has 2 aromatic carbocycles. The molecule has 7 heteroatoms. The highest BCUT2D eigenvalue weighted by Gasteiger charge is 2.13. The van der Waals surface area contributed by atoms with Crippen LogP contribution in [0, 0.1) is 0 Å². The molecule has 0 atom stereocenters. The van der Waals surface area contributed by atoms with Gasteiger partial charge in [-0.1, -0.05) is 24.3 Å². The fraction of sp³-hybridized carbons (Fsp3) is 0.318. The van der Waals surface area contributed by atoms with Crippen LogP contribution in [0.2, 0.25) is 0 Å².